The molecule has 1 amide bonds. The lowest BCUT2D eigenvalue weighted by atomic mass is 10.1. The summed E-state index contributed by atoms with van der Waals surface area (Å²) in [6.45, 7) is 0. The fourth-order valence-electron chi connectivity index (χ4n) is 3.18. The number of rotatable bonds is 7. The van der Waals surface area contributed by atoms with Gasteiger partial charge in [0.05, 0.1) is 26.1 Å². The number of methoxy groups -OCH3 is 2. The number of hydrogen-bond acceptors (Lipinski definition) is 5. The van der Waals surface area contributed by atoms with E-state index in [1.54, 1.807) is 49.4 Å². The highest BCUT2D eigenvalue weighted by Crippen LogP contribution is 2.26. The maximum absolute atomic E-state index is 12.5. The van der Waals surface area contributed by atoms with Gasteiger partial charge in [0, 0.05) is 22.9 Å². The largest absolute Gasteiger partial charge is 0.497 e. The molecule has 1 heterocycles. The van der Waals surface area contributed by atoms with Crippen molar-refractivity contribution in [1.82, 2.24) is 15.2 Å². The Bertz CT molecular complexity index is 1250. The average Bonchev–Trinajstić information content (AvgIpc) is 3.29. The number of para-hydroxylation sites is 1. The van der Waals surface area contributed by atoms with Gasteiger partial charge in [-0.15, -0.1) is 0 Å². The summed E-state index contributed by atoms with van der Waals surface area (Å²) in [5, 5.41) is 8.90. The highest BCUT2D eigenvalue weighted by atomic mass is 16.5. The number of carbonyl (C=O) groups is 1. The molecule has 1 N–H and O–H groups in total. The summed E-state index contributed by atoms with van der Waals surface area (Å²) in [5.41, 5.74) is 6.26. The van der Waals surface area contributed by atoms with Crippen molar-refractivity contribution < 1.29 is 14.3 Å². The molecule has 0 atom stereocenters. The first-order chi connectivity index (χ1) is 15.7. The normalized spacial score (nSPS) is 10.8. The first-order valence-corrected chi connectivity index (χ1v) is 9.95. The van der Waals surface area contributed by atoms with Crippen LogP contribution in [0.4, 0.5) is 0 Å². The van der Waals surface area contributed by atoms with E-state index in [4.69, 9.17) is 14.6 Å². The molecule has 0 aliphatic heterocycles. The van der Waals surface area contributed by atoms with Gasteiger partial charge >= 0.3 is 0 Å². The van der Waals surface area contributed by atoms with Crippen molar-refractivity contribution in [3.63, 3.8) is 0 Å². The molecule has 7 nitrogen and oxygen atoms in total. The first-order valence-electron chi connectivity index (χ1n) is 9.95. The lowest BCUT2D eigenvalue weighted by Crippen LogP contribution is -2.17. The molecule has 160 valence electrons. The zero-order valence-electron chi connectivity index (χ0n) is 17.7. The number of carbonyl (C=O) groups excluding carboxylic acids is 1. The van der Waals surface area contributed by atoms with E-state index in [0.29, 0.717) is 17.0 Å². The van der Waals surface area contributed by atoms with Crippen molar-refractivity contribution >= 4 is 12.1 Å². The minimum Gasteiger partial charge on any atom is -0.497 e. The first kappa shape index (κ1) is 20.9. The van der Waals surface area contributed by atoms with Crippen LogP contribution in [0.2, 0.25) is 0 Å². The number of aromatic nitrogens is 2. The van der Waals surface area contributed by atoms with Crippen molar-refractivity contribution in [2.24, 2.45) is 5.10 Å². The SMILES string of the molecule is COc1cccc(C(=O)N/N=C/c2cn(-c3ccccc3)nc2-c2cccc(OC)c2)c1. The van der Waals surface area contributed by atoms with E-state index >= 15 is 0 Å². The molecule has 0 saturated heterocycles. The zero-order valence-corrected chi connectivity index (χ0v) is 17.7. The van der Waals surface area contributed by atoms with E-state index in [-0.39, 0.29) is 5.91 Å². The van der Waals surface area contributed by atoms with Gasteiger partial charge in [0.25, 0.3) is 5.91 Å². The molecule has 4 aromatic rings. The molecular weight excluding hydrogens is 404 g/mol. The van der Waals surface area contributed by atoms with E-state index < -0.39 is 0 Å². The van der Waals surface area contributed by atoms with E-state index in [1.807, 2.05) is 60.8 Å². The van der Waals surface area contributed by atoms with E-state index in [9.17, 15) is 4.79 Å². The van der Waals surface area contributed by atoms with Crippen molar-refractivity contribution in [1.29, 1.82) is 0 Å². The van der Waals surface area contributed by atoms with Crippen molar-refractivity contribution in [2.75, 3.05) is 14.2 Å². The Kier molecular flexibility index (Phi) is 6.27. The van der Waals surface area contributed by atoms with E-state index in [2.05, 4.69) is 10.5 Å². The summed E-state index contributed by atoms with van der Waals surface area (Å²) < 4.78 is 12.3. The van der Waals surface area contributed by atoms with Crippen LogP contribution >= 0.6 is 0 Å². The molecule has 7 heteroatoms. The summed E-state index contributed by atoms with van der Waals surface area (Å²) >= 11 is 0. The number of amides is 1. The summed E-state index contributed by atoms with van der Waals surface area (Å²) in [7, 11) is 3.18. The maximum Gasteiger partial charge on any atom is 0.271 e. The summed E-state index contributed by atoms with van der Waals surface area (Å²) in [5.74, 6) is 0.996. The molecule has 0 aliphatic carbocycles. The van der Waals surface area contributed by atoms with Gasteiger partial charge in [0.1, 0.15) is 17.2 Å². The number of hydrazone groups is 1. The Balaban J connectivity index is 1.64. The lowest BCUT2D eigenvalue weighted by molar-refractivity contribution is 0.0955. The topological polar surface area (TPSA) is 77.7 Å². The number of nitrogens with one attached hydrogen (secondary N) is 1. The Morgan fingerprint density at radius 2 is 1.66 bits per heavy atom. The lowest BCUT2D eigenvalue weighted by Gasteiger charge is -2.04. The number of nitrogens with zero attached hydrogens (tertiary/aromatic N) is 3. The molecule has 32 heavy (non-hydrogen) atoms. The van der Waals surface area contributed by atoms with Gasteiger partial charge < -0.3 is 9.47 Å². The molecule has 0 bridgehead atoms. The minimum absolute atomic E-state index is 0.335. The molecule has 1 aromatic heterocycles. The monoisotopic (exact) mass is 426 g/mol. The summed E-state index contributed by atoms with van der Waals surface area (Å²) in [6.07, 6.45) is 3.45. The van der Waals surface area contributed by atoms with Crippen LogP contribution in [-0.4, -0.2) is 36.1 Å². The Labute approximate surface area is 185 Å². The second-order valence-electron chi connectivity index (χ2n) is 6.88. The van der Waals surface area contributed by atoms with Crippen LogP contribution in [0.1, 0.15) is 15.9 Å². The van der Waals surface area contributed by atoms with Gasteiger partial charge in [-0.1, -0.05) is 36.4 Å². The maximum atomic E-state index is 12.5. The van der Waals surface area contributed by atoms with Crippen molar-refractivity contribution in [2.45, 2.75) is 0 Å². The van der Waals surface area contributed by atoms with Crippen LogP contribution in [0.25, 0.3) is 16.9 Å². The molecule has 0 aliphatic rings. The predicted molar refractivity (Wildman–Crippen MR) is 124 cm³/mol. The highest BCUT2D eigenvalue weighted by molar-refractivity contribution is 5.96. The Hall–Kier alpha value is -4.39. The fourth-order valence-corrected chi connectivity index (χ4v) is 3.18. The standard InChI is InChI=1S/C25H22N4O3/c1-31-22-12-6-8-18(14-22)24-20(17-29(28-24)21-10-4-3-5-11-21)16-26-27-25(30)19-9-7-13-23(15-19)32-2/h3-17H,1-2H3,(H,27,30)/b26-16+. The van der Waals surface area contributed by atoms with Crippen LogP contribution in [0.15, 0.2) is 90.2 Å². The van der Waals surface area contributed by atoms with E-state index in [1.165, 1.54) is 0 Å². The third kappa shape index (κ3) is 4.67. The number of ether oxygens (including phenoxy) is 2. The summed E-state index contributed by atoms with van der Waals surface area (Å²) in [6, 6.07) is 24.3. The van der Waals surface area contributed by atoms with Gasteiger partial charge in [0.2, 0.25) is 0 Å². The average molecular weight is 426 g/mol. The Morgan fingerprint density at radius 3 is 2.41 bits per heavy atom. The van der Waals surface area contributed by atoms with Crippen LogP contribution < -0.4 is 14.9 Å². The third-order valence-electron chi connectivity index (χ3n) is 4.81. The van der Waals surface area contributed by atoms with Crippen LogP contribution in [0.5, 0.6) is 11.5 Å². The molecule has 0 radical (unpaired) electrons. The smallest absolute Gasteiger partial charge is 0.271 e. The highest BCUT2D eigenvalue weighted by Gasteiger charge is 2.12. The Morgan fingerprint density at radius 1 is 0.938 bits per heavy atom. The van der Waals surface area contributed by atoms with Crippen molar-refractivity contribution in [3.05, 3.63) is 96.2 Å². The molecule has 0 unspecified atom stereocenters. The second kappa shape index (κ2) is 9.61. The van der Waals surface area contributed by atoms with Gasteiger partial charge in [-0.2, -0.15) is 10.2 Å². The predicted octanol–water partition coefficient (Wildman–Crippen LogP) is 4.32. The minimum atomic E-state index is -0.335. The van der Waals surface area contributed by atoms with Gasteiger partial charge in [0.15, 0.2) is 0 Å². The summed E-state index contributed by atoms with van der Waals surface area (Å²) in [4.78, 5) is 12.5. The van der Waals surface area contributed by atoms with Gasteiger partial charge in [-0.3, -0.25) is 4.79 Å². The number of benzene rings is 3. The van der Waals surface area contributed by atoms with Crippen molar-refractivity contribution in [3.8, 4) is 28.4 Å². The molecule has 3 aromatic carbocycles. The van der Waals surface area contributed by atoms with E-state index in [0.717, 1.165) is 22.6 Å². The third-order valence-corrected chi connectivity index (χ3v) is 4.81. The zero-order chi connectivity index (χ0) is 22.3. The molecule has 0 spiro atoms. The fraction of sp³-hybridized carbons (Fsp3) is 0.0800. The van der Waals surface area contributed by atoms with Crippen LogP contribution in [-0.2, 0) is 0 Å². The molecule has 0 saturated carbocycles. The van der Waals surface area contributed by atoms with Crippen LogP contribution in [0.3, 0.4) is 0 Å². The van der Waals surface area contributed by atoms with Gasteiger partial charge in [-0.05, 0) is 42.5 Å². The molecule has 0 fully saturated rings. The quantitative estimate of drug-likeness (QED) is 0.353. The number of hydrogen-bond donors (Lipinski definition) is 1. The second-order valence-corrected chi connectivity index (χ2v) is 6.88. The molecule has 4 rings (SSSR count). The van der Waals surface area contributed by atoms with Gasteiger partial charge in [-0.25, -0.2) is 10.1 Å². The van der Waals surface area contributed by atoms with Crippen LogP contribution in [0, 0.1) is 0 Å². The molecular formula is C25H22N4O3.